The highest BCUT2D eigenvalue weighted by atomic mass is 35.7. The van der Waals surface area contributed by atoms with E-state index in [1.807, 2.05) is 20.8 Å². The van der Waals surface area contributed by atoms with E-state index in [0.717, 1.165) is 5.69 Å². The van der Waals surface area contributed by atoms with Gasteiger partial charge in [-0.25, -0.2) is 8.42 Å². The number of rotatable bonds is 3. The maximum atomic E-state index is 10.9. The largest absolute Gasteiger partial charge is 0.267 e. The van der Waals surface area contributed by atoms with E-state index in [1.165, 1.54) is 0 Å². The Hall–Kier alpha value is -0.550. The molecule has 1 aromatic rings. The smallest absolute Gasteiger partial charge is 0.236 e. The third kappa shape index (κ3) is 2.72. The molecule has 0 unspecified atom stereocenters. The van der Waals surface area contributed by atoms with Gasteiger partial charge in [0.25, 0.3) is 0 Å². The number of aromatic nitrogens is 2. The first kappa shape index (κ1) is 11.5. The molecule has 0 bridgehead atoms. The molecular weight excluding hydrogens is 224 g/mol. The van der Waals surface area contributed by atoms with Gasteiger partial charge in [0.2, 0.25) is 9.05 Å². The third-order valence-electron chi connectivity index (χ3n) is 1.96. The van der Waals surface area contributed by atoms with Crippen LogP contribution in [-0.2, 0) is 14.8 Å². The second-order valence-corrected chi connectivity index (χ2v) is 6.25. The summed E-state index contributed by atoms with van der Waals surface area (Å²) >= 11 is 0. The van der Waals surface area contributed by atoms with Crippen LogP contribution in [0.3, 0.4) is 0 Å². The van der Waals surface area contributed by atoms with E-state index in [9.17, 15) is 8.42 Å². The van der Waals surface area contributed by atoms with Gasteiger partial charge < -0.3 is 0 Å². The normalized spacial score (nSPS) is 12.4. The summed E-state index contributed by atoms with van der Waals surface area (Å²) in [5.74, 6) is -0.160. The zero-order chi connectivity index (χ0) is 10.9. The Labute approximate surface area is 88.3 Å². The van der Waals surface area contributed by atoms with Crippen LogP contribution in [0.2, 0.25) is 0 Å². The van der Waals surface area contributed by atoms with Gasteiger partial charge in [-0.1, -0.05) is 0 Å². The first-order valence-electron chi connectivity index (χ1n) is 4.26. The van der Waals surface area contributed by atoms with Gasteiger partial charge in [-0.05, 0) is 20.8 Å². The van der Waals surface area contributed by atoms with Gasteiger partial charge in [-0.15, -0.1) is 0 Å². The van der Waals surface area contributed by atoms with Gasteiger partial charge in [0, 0.05) is 28.0 Å². The van der Waals surface area contributed by atoms with Gasteiger partial charge in [0.1, 0.15) is 0 Å². The standard InChI is InChI=1S/C8H13ClN2O2S/c1-6(2)11-7(3)8(4-10-11)5-14(9,12)13/h4,6H,5H2,1-3H3. The Balaban J connectivity index is 3.02. The number of hydrogen-bond acceptors (Lipinski definition) is 3. The van der Waals surface area contributed by atoms with Gasteiger partial charge in [0.05, 0.1) is 11.9 Å². The summed E-state index contributed by atoms with van der Waals surface area (Å²) in [4.78, 5) is 0. The molecule has 0 aliphatic heterocycles. The maximum absolute atomic E-state index is 10.9. The van der Waals surface area contributed by atoms with Crippen LogP contribution in [-0.4, -0.2) is 18.2 Å². The molecule has 0 saturated heterocycles. The van der Waals surface area contributed by atoms with E-state index in [0.29, 0.717) is 5.56 Å². The molecule has 0 aliphatic carbocycles. The summed E-state index contributed by atoms with van der Waals surface area (Å²) < 4.78 is 23.5. The minimum atomic E-state index is -3.49. The van der Waals surface area contributed by atoms with Crippen molar-refractivity contribution in [1.82, 2.24) is 9.78 Å². The first-order valence-corrected chi connectivity index (χ1v) is 6.74. The number of hydrogen-bond donors (Lipinski definition) is 0. The molecule has 0 spiro atoms. The van der Waals surface area contributed by atoms with Crippen molar-refractivity contribution in [1.29, 1.82) is 0 Å². The van der Waals surface area contributed by atoms with Crippen LogP contribution in [0.4, 0.5) is 0 Å². The number of nitrogens with zero attached hydrogens (tertiary/aromatic N) is 2. The molecule has 1 heterocycles. The van der Waals surface area contributed by atoms with Crippen LogP contribution < -0.4 is 0 Å². The predicted octanol–water partition coefficient (Wildman–Crippen LogP) is 1.84. The van der Waals surface area contributed by atoms with E-state index in [4.69, 9.17) is 10.7 Å². The molecular formula is C8H13ClN2O2S. The van der Waals surface area contributed by atoms with Crippen molar-refractivity contribution in [2.45, 2.75) is 32.6 Å². The van der Waals surface area contributed by atoms with E-state index in [-0.39, 0.29) is 11.8 Å². The van der Waals surface area contributed by atoms with Crippen molar-refractivity contribution >= 4 is 19.7 Å². The molecule has 1 rings (SSSR count). The van der Waals surface area contributed by atoms with Crippen molar-refractivity contribution in [2.75, 3.05) is 0 Å². The molecule has 0 aliphatic rings. The molecule has 0 aromatic carbocycles. The topological polar surface area (TPSA) is 52.0 Å². The Kier molecular flexibility index (Phi) is 3.21. The zero-order valence-corrected chi connectivity index (χ0v) is 9.93. The van der Waals surface area contributed by atoms with E-state index in [2.05, 4.69) is 5.10 Å². The van der Waals surface area contributed by atoms with E-state index in [1.54, 1.807) is 10.9 Å². The van der Waals surface area contributed by atoms with Gasteiger partial charge >= 0.3 is 0 Å². The maximum Gasteiger partial charge on any atom is 0.236 e. The van der Waals surface area contributed by atoms with E-state index < -0.39 is 9.05 Å². The van der Waals surface area contributed by atoms with Gasteiger partial charge in [-0.3, -0.25) is 4.68 Å². The van der Waals surface area contributed by atoms with Crippen molar-refractivity contribution in [3.63, 3.8) is 0 Å². The van der Waals surface area contributed by atoms with Gasteiger partial charge in [0.15, 0.2) is 0 Å². The fourth-order valence-electron chi connectivity index (χ4n) is 1.31. The summed E-state index contributed by atoms with van der Waals surface area (Å²) in [6.07, 6.45) is 1.55. The van der Waals surface area contributed by atoms with Gasteiger partial charge in [-0.2, -0.15) is 5.10 Å². The minimum absolute atomic E-state index is 0.160. The molecule has 0 saturated carbocycles. The fraction of sp³-hybridized carbons (Fsp3) is 0.625. The predicted molar refractivity (Wildman–Crippen MR) is 55.8 cm³/mol. The average molecular weight is 237 g/mol. The van der Waals surface area contributed by atoms with Crippen molar-refractivity contribution in [3.8, 4) is 0 Å². The molecule has 1 aromatic heterocycles. The summed E-state index contributed by atoms with van der Waals surface area (Å²) in [7, 11) is 1.67. The lowest BCUT2D eigenvalue weighted by molar-refractivity contribution is 0.518. The molecule has 0 N–H and O–H groups in total. The molecule has 14 heavy (non-hydrogen) atoms. The van der Waals surface area contributed by atoms with Crippen LogP contribution in [0.1, 0.15) is 31.1 Å². The molecule has 0 radical (unpaired) electrons. The quantitative estimate of drug-likeness (QED) is 0.753. The second-order valence-electron chi connectivity index (χ2n) is 3.48. The Morgan fingerprint density at radius 3 is 2.50 bits per heavy atom. The highest BCUT2D eigenvalue weighted by Crippen LogP contribution is 2.16. The van der Waals surface area contributed by atoms with Crippen molar-refractivity contribution < 1.29 is 8.42 Å². The minimum Gasteiger partial charge on any atom is -0.267 e. The molecule has 4 nitrogen and oxygen atoms in total. The Morgan fingerprint density at radius 1 is 1.57 bits per heavy atom. The van der Waals surface area contributed by atoms with Crippen LogP contribution in [0.25, 0.3) is 0 Å². The van der Waals surface area contributed by atoms with Crippen LogP contribution in [0.5, 0.6) is 0 Å². The van der Waals surface area contributed by atoms with Crippen LogP contribution >= 0.6 is 10.7 Å². The van der Waals surface area contributed by atoms with Crippen LogP contribution in [0, 0.1) is 6.92 Å². The second kappa shape index (κ2) is 3.90. The molecule has 6 heteroatoms. The monoisotopic (exact) mass is 236 g/mol. The summed E-state index contributed by atoms with van der Waals surface area (Å²) in [5, 5.41) is 4.09. The van der Waals surface area contributed by atoms with Crippen molar-refractivity contribution in [3.05, 3.63) is 17.5 Å². The number of halogens is 1. The fourth-order valence-corrected chi connectivity index (χ4v) is 2.31. The SMILES string of the molecule is Cc1c(CS(=O)(=O)Cl)cnn1C(C)C. The molecule has 0 amide bonds. The lowest BCUT2D eigenvalue weighted by Gasteiger charge is -2.08. The summed E-state index contributed by atoms with van der Waals surface area (Å²) in [6, 6.07) is 0.224. The first-order chi connectivity index (χ1) is 6.31. The lowest BCUT2D eigenvalue weighted by Crippen LogP contribution is -2.05. The van der Waals surface area contributed by atoms with E-state index >= 15 is 0 Å². The molecule has 80 valence electrons. The Morgan fingerprint density at radius 2 is 2.14 bits per heavy atom. The highest BCUT2D eigenvalue weighted by molar-refractivity contribution is 8.13. The summed E-state index contributed by atoms with van der Waals surface area (Å²) in [6.45, 7) is 5.81. The Bertz CT molecular complexity index is 423. The zero-order valence-electron chi connectivity index (χ0n) is 8.36. The molecule has 0 atom stereocenters. The highest BCUT2D eigenvalue weighted by Gasteiger charge is 2.14. The van der Waals surface area contributed by atoms with Crippen molar-refractivity contribution in [2.24, 2.45) is 0 Å². The molecule has 0 fully saturated rings. The van der Waals surface area contributed by atoms with Crippen LogP contribution in [0.15, 0.2) is 6.20 Å². The average Bonchev–Trinajstić information content (AvgIpc) is 2.29. The third-order valence-corrected chi connectivity index (χ3v) is 2.95. The summed E-state index contributed by atoms with van der Waals surface area (Å²) in [5.41, 5.74) is 1.51. The lowest BCUT2D eigenvalue weighted by atomic mass is 10.3.